The molecule has 4 amide bonds. The normalized spacial score (nSPS) is 16.3. The van der Waals surface area contributed by atoms with Crippen LogP contribution in [0, 0.1) is 0 Å². The molecule has 1 fully saturated rings. The van der Waals surface area contributed by atoms with Crippen LogP contribution in [0.3, 0.4) is 0 Å². The summed E-state index contributed by atoms with van der Waals surface area (Å²) in [5.74, 6) is -1.33. The first-order valence-corrected chi connectivity index (χ1v) is 9.95. The molecular formula is C21H29N3O5. The van der Waals surface area contributed by atoms with Gasteiger partial charge >= 0.3 is 12.0 Å². The van der Waals surface area contributed by atoms with Crippen LogP contribution in [0.25, 0.3) is 0 Å². The van der Waals surface area contributed by atoms with Crippen LogP contribution in [0.4, 0.5) is 10.5 Å². The summed E-state index contributed by atoms with van der Waals surface area (Å²) in [6, 6.07) is 6.86. The molecule has 0 saturated carbocycles. The average Bonchev–Trinajstić information content (AvgIpc) is 2.96. The largest absolute Gasteiger partial charge is 0.454 e. The van der Waals surface area contributed by atoms with Crippen molar-refractivity contribution in [3.63, 3.8) is 0 Å². The van der Waals surface area contributed by atoms with Crippen molar-refractivity contribution in [3.05, 3.63) is 29.8 Å². The molecule has 0 aromatic heterocycles. The van der Waals surface area contributed by atoms with E-state index in [0.717, 1.165) is 11.3 Å². The van der Waals surface area contributed by atoms with Gasteiger partial charge in [0.2, 0.25) is 0 Å². The number of esters is 1. The van der Waals surface area contributed by atoms with E-state index < -0.39 is 42.5 Å². The zero-order valence-electron chi connectivity index (χ0n) is 17.4. The number of carbonyl (C=O) groups excluding carboxylic acids is 4. The molecule has 8 nitrogen and oxygen atoms in total. The van der Waals surface area contributed by atoms with Crippen molar-refractivity contribution >= 4 is 29.5 Å². The van der Waals surface area contributed by atoms with E-state index in [4.69, 9.17) is 4.74 Å². The Morgan fingerprint density at radius 2 is 1.76 bits per heavy atom. The van der Waals surface area contributed by atoms with Gasteiger partial charge < -0.3 is 15.4 Å². The van der Waals surface area contributed by atoms with E-state index in [-0.39, 0.29) is 0 Å². The highest BCUT2D eigenvalue weighted by Gasteiger charge is 2.49. The van der Waals surface area contributed by atoms with Gasteiger partial charge in [0.25, 0.3) is 11.8 Å². The van der Waals surface area contributed by atoms with E-state index in [9.17, 15) is 19.2 Å². The summed E-state index contributed by atoms with van der Waals surface area (Å²) in [6.45, 7) is 6.81. The van der Waals surface area contributed by atoms with E-state index in [1.54, 1.807) is 26.0 Å². The fraction of sp³-hybridized carbons (Fsp3) is 0.524. The number of nitrogens with one attached hydrogen (secondary N) is 2. The lowest BCUT2D eigenvalue weighted by atomic mass is 9.93. The first-order chi connectivity index (χ1) is 13.8. The van der Waals surface area contributed by atoms with Crippen molar-refractivity contribution in [3.8, 4) is 0 Å². The standard InChI is InChI=1S/C21H29N3O5/c1-5-14(4)15-8-10-16(11-9-15)22-17(25)13-29-18(26)12-24-19(27)21(6-2,7-3)23-20(24)28/h8-11,14H,5-7,12-13H2,1-4H3,(H,22,25)(H,23,28)/t14-/m1/s1. The topological polar surface area (TPSA) is 105 Å². The monoisotopic (exact) mass is 403 g/mol. The Hall–Kier alpha value is -2.90. The molecule has 158 valence electrons. The van der Waals surface area contributed by atoms with Crippen LogP contribution in [0.5, 0.6) is 0 Å². The van der Waals surface area contributed by atoms with Gasteiger partial charge in [-0.25, -0.2) is 4.79 Å². The first kappa shape index (κ1) is 22.4. The number of anilines is 1. The zero-order valence-corrected chi connectivity index (χ0v) is 17.4. The Morgan fingerprint density at radius 1 is 1.14 bits per heavy atom. The lowest BCUT2D eigenvalue weighted by Gasteiger charge is -2.22. The number of rotatable bonds is 9. The third-order valence-electron chi connectivity index (χ3n) is 5.48. The van der Waals surface area contributed by atoms with Gasteiger partial charge in [-0.05, 0) is 42.9 Å². The van der Waals surface area contributed by atoms with Crippen LogP contribution in [0.1, 0.15) is 58.4 Å². The molecule has 2 rings (SSSR count). The Balaban J connectivity index is 1.84. The first-order valence-electron chi connectivity index (χ1n) is 9.95. The van der Waals surface area contributed by atoms with Crippen molar-refractivity contribution in [1.29, 1.82) is 0 Å². The number of ether oxygens (including phenoxy) is 1. The predicted octanol–water partition coefficient (Wildman–Crippen LogP) is 2.79. The smallest absolute Gasteiger partial charge is 0.326 e. The molecule has 1 aliphatic heterocycles. The van der Waals surface area contributed by atoms with Crippen molar-refractivity contribution in [1.82, 2.24) is 10.2 Å². The van der Waals surface area contributed by atoms with Crippen molar-refractivity contribution in [2.75, 3.05) is 18.5 Å². The number of carbonyl (C=O) groups is 4. The van der Waals surface area contributed by atoms with Crippen LogP contribution in [0.15, 0.2) is 24.3 Å². The molecule has 1 aliphatic rings. The lowest BCUT2D eigenvalue weighted by molar-refractivity contribution is -0.150. The second kappa shape index (κ2) is 9.54. The van der Waals surface area contributed by atoms with E-state index in [1.165, 1.54) is 5.56 Å². The Morgan fingerprint density at radius 3 is 2.28 bits per heavy atom. The van der Waals surface area contributed by atoms with Gasteiger partial charge in [0, 0.05) is 5.69 Å². The summed E-state index contributed by atoms with van der Waals surface area (Å²) in [5, 5.41) is 5.28. The number of hydrogen-bond donors (Lipinski definition) is 2. The summed E-state index contributed by atoms with van der Waals surface area (Å²) in [4.78, 5) is 49.4. The SMILES string of the molecule is CC[C@@H](C)c1ccc(NC(=O)COC(=O)CN2C(=O)NC(CC)(CC)C2=O)cc1. The molecule has 0 aliphatic carbocycles. The van der Waals surface area contributed by atoms with Crippen LogP contribution >= 0.6 is 0 Å². The summed E-state index contributed by atoms with van der Waals surface area (Å²) in [5.41, 5.74) is 0.805. The molecule has 29 heavy (non-hydrogen) atoms. The molecule has 8 heteroatoms. The summed E-state index contributed by atoms with van der Waals surface area (Å²) in [7, 11) is 0. The zero-order chi connectivity index (χ0) is 21.6. The highest BCUT2D eigenvalue weighted by molar-refractivity contribution is 6.08. The van der Waals surface area contributed by atoms with Crippen LogP contribution in [-0.2, 0) is 19.1 Å². The van der Waals surface area contributed by atoms with Gasteiger partial charge in [0.1, 0.15) is 12.1 Å². The number of nitrogens with zero attached hydrogens (tertiary/aromatic N) is 1. The van der Waals surface area contributed by atoms with Gasteiger partial charge in [0.05, 0.1) is 0 Å². The molecule has 2 N–H and O–H groups in total. The average molecular weight is 403 g/mol. The van der Waals surface area contributed by atoms with Gasteiger partial charge in [-0.1, -0.05) is 39.8 Å². The maximum Gasteiger partial charge on any atom is 0.326 e. The Labute approximate surface area is 171 Å². The van der Waals surface area contributed by atoms with Crippen molar-refractivity contribution in [2.45, 2.75) is 58.4 Å². The third kappa shape index (κ3) is 5.13. The molecule has 1 aromatic carbocycles. The summed E-state index contributed by atoms with van der Waals surface area (Å²) in [6.07, 6.45) is 1.88. The van der Waals surface area contributed by atoms with Crippen LogP contribution < -0.4 is 10.6 Å². The van der Waals surface area contributed by atoms with E-state index >= 15 is 0 Å². The number of amides is 4. The molecular weight excluding hydrogens is 374 g/mol. The van der Waals surface area contributed by atoms with Gasteiger partial charge in [-0.15, -0.1) is 0 Å². The maximum atomic E-state index is 12.5. The minimum absolute atomic E-state index is 0.428. The quantitative estimate of drug-likeness (QED) is 0.487. The second-order valence-corrected chi connectivity index (χ2v) is 7.25. The van der Waals surface area contributed by atoms with Gasteiger partial charge in [-0.2, -0.15) is 0 Å². The van der Waals surface area contributed by atoms with Crippen molar-refractivity contribution < 1.29 is 23.9 Å². The molecule has 1 atom stereocenters. The number of imide groups is 1. The van der Waals surface area contributed by atoms with Gasteiger partial charge in [0.15, 0.2) is 6.61 Å². The number of urea groups is 1. The number of hydrogen-bond acceptors (Lipinski definition) is 5. The molecule has 1 aromatic rings. The second-order valence-electron chi connectivity index (χ2n) is 7.25. The molecule has 1 saturated heterocycles. The van der Waals surface area contributed by atoms with E-state index in [0.29, 0.717) is 24.4 Å². The maximum absolute atomic E-state index is 12.5. The van der Waals surface area contributed by atoms with Gasteiger partial charge in [-0.3, -0.25) is 19.3 Å². The van der Waals surface area contributed by atoms with Crippen molar-refractivity contribution in [2.24, 2.45) is 0 Å². The molecule has 0 unspecified atom stereocenters. The minimum Gasteiger partial charge on any atom is -0.454 e. The molecule has 0 radical (unpaired) electrons. The highest BCUT2D eigenvalue weighted by atomic mass is 16.5. The third-order valence-corrected chi connectivity index (χ3v) is 5.48. The number of benzene rings is 1. The molecule has 0 bridgehead atoms. The van der Waals surface area contributed by atoms with E-state index in [2.05, 4.69) is 24.5 Å². The van der Waals surface area contributed by atoms with Crippen LogP contribution in [-0.4, -0.2) is 47.4 Å². The molecule has 0 spiro atoms. The lowest BCUT2D eigenvalue weighted by Crippen LogP contribution is -2.46. The predicted molar refractivity (Wildman–Crippen MR) is 108 cm³/mol. The van der Waals surface area contributed by atoms with Crippen LogP contribution in [0.2, 0.25) is 0 Å². The fourth-order valence-corrected chi connectivity index (χ4v) is 3.20. The van der Waals surface area contributed by atoms with E-state index in [1.807, 2.05) is 12.1 Å². The minimum atomic E-state index is -0.976. The highest BCUT2D eigenvalue weighted by Crippen LogP contribution is 2.24. The Bertz CT molecular complexity index is 771. The fourth-order valence-electron chi connectivity index (χ4n) is 3.20. The molecule has 1 heterocycles. The Kier molecular flexibility index (Phi) is 7.36. The summed E-state index contributed by atoms with van der Waals surface area (Å²) >= 11 is 0. The summed E-state index contributed by atoms with van der Waals surface area (Å²) < 4.78 is 4.92.